The van der Waals surface area contributed by atoms with Crippen LogP contribution in [0.25, 0.3) is 0 Å². The van der Waals surface area contributed by atoms with Crippen LogP contribution in [0.2, 0.25) is 0 Å². The number of halogens is 1. The predicted octanol–water partition coefficient (Wildman–Crippen LogP) is 1.54. The molecule has 2 rings (SSSR count). The van der Waals surface area contributed by atoms with E-state index in [4.69, 9.17) is 0 Å². The highest BCUT2D eigenvalue weighted by atomic mass is 19.1. The van der Waals surface area contributed by atoms with E-state index in [2.05, 4.69) is 4.74 Å². The summed E-state index contributed by atoms with van der Waals surface area (Å²) in [4.78, 5) is 10.9. The highest BCUT2D eigenvalue weighted by Gasteiger charge is 2.94. The Morgan fingerprint density at radius 1 is 1.58 bits per heavy atom. The molecule has 0 bridgehead atoms. The highest BCUT2D eigenvalue weighted by Crippen LogP contribution is 2.86. The maximum absolute atomic E-state index is 13.5. The van der Waals surface area contributed by atoms with Crippen LogP contribution in [0.3, 0.4) is 0 Å². The maximum atomic E-state index is 13.5. The Labute approximate surface area is 71.1 Å². The molecule has 2 aliphatic carbocycles. The number of ether oxygens (including phenoxy) is 1. The Balaban J connectivity index is 2.04. The Kier molecular flexibility index (Phi) is 1.22. The van der Waals surface area contributed by atoms with Gasteiger partial charge in [-0.15, -0.1) is 0 Å². The summed E-state index contributed by atoms with van der Waals surface area (Å²) < 4.78 is 17.9. The second kappa shape index (κ2) is 1.83. The van der Waals surface area contributed by atoms with E-state index in [9.17, 15) is 9.18 Å². The van der Waals surface area contributed by atoms with Gasteiger partial charge in [0.15, 0.2) is 0 Å². The number of rotatable bonds is 2. The Morgan fingerprint density at radius 2 is 2.08 bits per heavy atom. The standard InChI is InChI=1S/C9H13FO2/c1-4-8(2)5-6(8)9(5,10)7(11)12-3/h5-6H,4H2,1-3H3. The van der Waals surface area contributed by atoms with Crippen LogP contribution in [0.1, 0.15) is 20.3 Å². The van der Waals surface area contributed by atoms with E-state index >= 15 is 0 Å². The number of alkyl halides is 1. The molecule has 2 nitrogen and oxygen atoms in total. The quantitative estimate of drug-likeness (QED) is 0.590. The number of methoxy groups -OCH3 is 1. The van der Waals surface area contributed by atoms with E-state index in [0.717, 1.165) is 6.42 Å². The molecule has 0 saturated heterocycles. The normalized spacial score (nSPS) is 54.3. The van der Waals surface area contributed by atoms with E-state index in [1.54, 1.807) is 0 Å². The molecule has 0 aromatic heterocycles. The van der Waals surface area contributed by atoms with Gasteiger partial charge in [0, 0.05) is 11.8 Å². The molecule has 0 heterocycles. The van der Waals surface area contributed by atoms with Gasteiger partial charge in [0.25, 0.3) is 0 Å². The molecular weight excluding hydrogens is 159 g/mol. The molecule has 0 amide bonds. The lowest BCUT2D eigenvalue weighted by Crippen LogP contribution is -2.35. The molecule has 0 aromatic carbocycles. The fourth-order valence-electron chi connectivity index (χ4n) is 2.64. The smallest absolute Gasteiger partial charge is 0.344 e. The molecule has 0 N–H and O–H groups in total. The lowest BCUT2D eigenvalue weighted by molar-refractivity contribution is -0.153. The van der Waals surface area contributed by atoms with Crippen molar-refractivity contribution < 1.29 is 13.9 Å². The van der Waals surface area contributed by atoms with Gasteiger partial charge < -0.3 is 4.74 Å². The summed E-state index contributed by atoms with van der Waals surface area (Å²) in [5.41, 5.74) is -1.53. The molecule has 0 aromatic rings. The van der Waals surface area contributed by atoms with Crippen molar-refractivity contribution in [2.24, 2.45) is 17.3 Å². The van der Waals surface area contributed by atoms with Gasteiger partial charge in [0.2, 0.25) is 5.67 Å². The maximum Gasteiger partial charge on any atom is 0.344 e. The lowest BCUT2D eigenvalue weighted by Gasteiger charge is -2.23. The van der Waals surface area contributed by atoms with Crippen molar-refractivity contribution in [2.45, 2.75) is 25.9 Å². The fraction of sp³-hybridized carbons (Fsp3) is 0.889. The zero-order valence-electron chi connectivity index (χ0n) is 7.56. The first-order valence-corrected chi connectivity index (χ1v) is 4.30. The molecule has 2 unspecified atom stereocenters. The van der Waals surface area contributed by atoms with Gasteiger partial charge in [-0.2, -0.15) is 0 Å². The van der Waals surface area contributed by atoms with Gasteiger partial charge in [-0.3, -0.25) is 0 Å². The molecule has 2 saturated carbocycles. The number of hydrogen-bond acceptors (Lipinski definition) is 2. The zero-order valence-corrected chi connectivity index (χ0v) is 7.56. The predicted molar refractivity (Wildman–Crippen MR) is 41.2 cm³/mol. The van der Waals surface area contributed by atoms with Crippen LogP contribution in [0.4, 0.5) is 4.39 Å². The first-order valence-electron chi connectivity index (χ1n) is 4.30. The third kappa shape index (κ3) is 0.560. The summed E-state index contributed by atoms with van der Waals surface area (Å²) in [5.74, 6) is -0.784. The number of carbonyl (C=O) groups excluding carboxylic acids is 1. The average Bonchev–Trinajstić information content (AvgIpc) is 2.91. The molecule has 0 aliphatic heterocycles. The van der Waals surface area contributed by atoms with E-state index < -0.39 is 11.6 Å². The van der Waals surface area contributed by atoms with E-state index in [1.807, 2.05) is 13.8 Å². The van der Waals surface area contributed by atoms with Gasteiger partial charge in [0.05, 0.1) is 7.11 Å². The Morgan fingerprint density at radius 3 is 2.42 bits per heavy atom. The summed E-state index contributed by atoms with van der Waals surface area (Å²) in [6.07, 6.45) is 0.949. The largest absolute Gasteiger partial charge is 0.467 e. The van der Waals surface area contributed by atoms with E-state index in [-0.39, 0.29) is 17.3 Å². The minimum absolute atomic E-state index is 0.0533. The molecular formula is C9H13FO2. The van der Waals surface area contributed by atoms with Gasteiger partial charge in [-0.05, 0) is 11.8 Å². The SMILES string of the molecule is CCC1(C)C2C1C2(F)C(=O)OC. The van der Waals surface area contributed by atoms with Crippen molar-refractivity contribution in [2.75, 3.05) is 7.11 Å². The number of carbonyl (C=O) groups is 1. The van der Waals surface area contributed by atoms with Crippen molar-refractivity contribution in [3.05, 3.63) is 0 Å². The third-order valence-corrected chi connectivity index (χ3v) is 3.70. The van der Waals surface area contributed by atoms with Crippen LogP contribution in [-0.4, -0.2) is 18.7 Å². The van der Waals surface area contributed by atoms with Crippen molar-refractivity contribution in [3.63, 3.8) is 0 Å². The first kappa shape index (κ1) is 8.02. The minimum atomic E-state index is -1.61. The van der Waals surface area contributed by atoms with Gasteiger partial charge in [-0.25, -0.2) is 9.18 Å². The van der Waals surface area contributed by atoms with Crippen LogP contribution < -0.4 is 0 Å². The molecule has 2 aliphatic rings. The third-order valence-electron chi connectivity index (χ3n) is 3.70. The summed E-state index contributed by atoms with van der Waals surface area (Å²) in [5, 5.41) is 0. The monoisotopic (exact) mass is 172 g/mol. The summed E-state index contributed by atoms with van der Waals surface area (Å²) in [6.45, 7) is 4.06. The molecule has 0 radical (unpaired) electrons. The van der Waals surface area contributed by atoms with Crippen molar-refractivity contribution in [1.29, 1.82) is 0 Å². The summed E-state index contributed by atoms with van der Waals surface area (Å²) in [7, 11) is 1.24. The number of esters is 1. The van der Waals surface area contributed by atoms with Crippen molar-refractivity contribution in [1.82, 2.24) is 0 Å². The Bertz CT molecular complexity index is 239. The molecule has 2 fully saturated rings. The van der Waals surface area contributed by atoms with Gasteiger partial charge >= 0.3 is 5.97 Å². The zero-order chi connectivity index (χ0) is 9.15. The van der Waals surface area contributed by atoms with Crippen LogP contribution in [0.15, 0.2) is 0 Å². The number of fused-ring (bicyclic) bond motifs is 1. The van der Waals surface area contributed by atoms with E-state index in [1.165, 1.54) is 7.11 Å². The molecule has 0 spiro atoms. The highest BCUT2D eigenvalue weighted by molar-refractivity contribution is 5.88. The molecule has 12 heavy (non-hydrogen) atoms. The van der Waals surface area contributed by atoms with Crippen LogP contribution in [0.5, 0.6) is 0 Å². The van der Waals surface area contributed by atoms with Gasteiger partial charge in [-0.1, -0.05) is 13.8 Å². The summed E-state index contributed by atoms with van der Waals surface area (Å²) in [6, 6.07) is 0. The van der Waals surface area contributed by atoms with Crippen LogP contribution >= 0.6 is 0 Å². The molecule has 3 heteroatoms. The summed E-state index contributed by atoms with van der Waals surface area (Å²) >= 11 is 0. The first-order chi connectivity index (χ1) is 5.53. The van der Waals surface area contributed by atoms with Crippen LogP contribution in [0, 0.1) is 17.3 Å². The van der Waals surface area contributed by atoms with Crippen LogP contribution in [-0.2, 0) is 9.53 Å². The Hall–Kier alpha value is -0.600. The van der Waals surface area contributed by atoms with E-state index in [0.29, 0.717) is 0 Å². The second-order valence-electron chi connectivity index (χ2n) is 4.07. The fourth-order valence-corrected chi connectivity index (χ4v) is 2.64. The molecule has 2 atom stereocenters. The lowest BCUT2D eigenvalue weighted by atomic mass is 9.86. The van der Waals surface area contributed by atoms with Gasteiger partial charge in [0.1, 0.15) is 0 Å². The van der Waals surface area contributed by atoms with Crippen molar-refractivity contribution >= 4 is 5.97 Å². The second-order valence-corrected chi connectivity index (χ2v) is 4.07. The molecule has 68 valence electrons. The van der Waals surface area contributed by atoms with Crippen molar-refractivity contribution in [3.8, 4) is 0 Å². The minimum Gasteiger partial charge on any atom is -0.467 e. The number of hydrogen-bond donors (Lipinski definition) is 0. The topological polar surface area (TPSA) is 26.3 Å². The average molecular weight is 172 g/mol.